The van der Waals surface area contributed by atoms with Crippen LogP contribution in [0.1, 0.15) is 168 Å². The maximum Gasteiger partial charge on any atom is 0.306 e. The van der Waals surface area contributed by atoms with Gasteiger partial charge in [0.2, 0.25) is 0 Å². The van der Waals surface area contributed by atoms with Gasteiger partial charge in [0.05, 0.1) is 19.8 Å². The fourth-order valence-corrected chi connectivity index (χ4v) is 7.28. The fraction of sp³-hybridized carbons (Fsp3) is 0.953. The second kappa shape index (κ2) is 32.2. The molecule has 2 saturated heterocycles. The average Bonchev–Trinajstić information content (AvgIpc) is 3.21. The van der Waals surface area contributed by atoms with E-state index in [1.807, 2.05) is 0 Å². The third kappa shape index (κ3) is 21.3. The molecule has 0 amide bonds. The molecular formula is C43H80O15. The molecule has 2 rings (SSSR count). The second-order valence-corrected chi connectivity index (χ2v) is 16.2. The van der Waals surface area contributed by atoms with E-state index in [1.165, 1.54) is 89.9 Å². The lowest BCUT2D eigenvalue weighted by atomic mass is 9.98. The van der Waals surface area contributed by atoms with Gasteiger partial charge in [-0.1, -0.05) is 142 Å². The molecule has 342 valence electrons. The van der Waals surface area contributed by atoms with Crippen LogP contribution < -0.4 is 0 Å². The first-order valence-electron chi connectivity index (χ1n) is 22.6. The number of aliphatic hydroxyl groups excluding tert-OH is 7. The Morgan fingerprint density at radius 2 is 0.879 bits per heavy atom. The Labute approximate surface area is 347 Å². The normalized spacial score (nSPS) is 28.0. The van der Waals surface area contributed by atoms with Crippen molar-refractivity contribution in [1.82, 2.24) is 0 Å². The topological polar surface area (TPSA) is 231 Å². The lowest BCUT2D eigenvalue weighted by Gasteiger charge is -2.42. The van der Waals surface area contributed by atoms with Crippen LogP contribution in [-0.2, 0) is 38.0 Å². The predicted octanol–water partition coefficient (Wildman–Crippen LogP) is 4.48. The van der Waals surface area contributed by atoms with Gasteiger partial charge in [-0.05, 0) is 12.8 Å². The van der Waals surface area contributed by atoms with Crippen LogP contribution in [0.25, 0.3) is 0 Å². The van der Waals surface area contributed by atoms with Crippen molar-refractivity contribution >= 4 is 11.9 Å². The molecular weight excluding hydrogens is 756 g/mol. The zero-order valence-electron chi connectivity index (χ0n) is 35.5. The molecule has 0 aliphatic carbocycles. The Morgan fingerprint density at radius 3 is 1.34 bits per heavy atom. The quantitative estimate of drug-likeness (QED) is 0.0350. The smallest absolute Gasteiger partial charge is 0.306 e. The van der Waals surface area contributed by atoms with Crippen LogP contribution in [0.2, 0.25) is 0 Å². The third-order valence-corrected chi connectivity index (χ3v) is 11.1. The second-order valence-electron chi connectivity index (χ2n) is 16.2. The van der Waals surface area contributed by atoms with Crippen molar-refractivity contribution in [3.63, 3.8) is 0 Å². The molecule has 0 aromatic heterocycles. The molecule has 11 atom stereocenters. The molecule has 0 aromatic carbocycles. The van der Waals surface area contributed by atoms with E-state index in [9.17, 15) is 45.3 Å². The first kappa shape index (κ1) is 52.6. The van der Waals surface area contributed by atoms with E-state index in [-0.39, 0.29) is 26.1 Å². The van der Waals surface area contributed by atoms with Gasteiger partial charge in [0.15, 0.2) is 18.7 Å². The highest BCUT2D eigenvalue weighted by Crippen LogP contribution is 2.26. The largest absolute Gasteiger partial charge is 0.462 e. The van der Waals surface area contributed by atoms with Crippen LogP contribution in [0.3, 0.4) is 0 Å². The number of esters is 2. The number of rotatable bonds is 34. The minimum Gasteiger partial charge on any atom is -0.462 e. The number of hydrogen-bond acceptors (Lipinski definition) is 15. The summed E-state index contributed by atoms with van der Waals surface area (Å²) >= 11 is 0. The summed E-state index contributed by atoms with van der Waals surface area (Å²) in [4.78, 5) is 25.5. The lowest BCUT2D eigenvalue weighted by molar-refractivity contribution is -0.332. The SMILES string of the molecule is CCCCCCCCCCCCCCCCC(=O)OC[C@H](CO[C@@H]1O[C@H](CO[C@@H]2O[C@H](CO)[C@H](O)C(O)C2O)[C@H](O)C(O)C1O)OC(=O)CCCCCCCCCC. The molecule has 0 bridgehead atoms. The average molecular weight is 837 g/mol. The van der Waals surface area contributed by atoms with Crippen molar-refractivity contribution < 1.29 is 73.8 Å². The van der Waals surface area contributed by atoms with Gasteiger partial charge in [-0.3, -0.25) is 9.59 Å². The first-order valence-corrected chi connectivity index (χ1v) is 22.6. The fourth-order valence-electron chi connectivity index (χ4n) is 7.28. The number of unbranched alkanes of at least 4 members (excludes halogenated alkanes) is 20. The highest BCUT2D eigenvalue weighted by molar-refractivity contribution is 5.70. The van der Waals surface area contributed by atoms with Crippen LogP contribution in [0.15, 0.2) is 0 Å². The highest BCUT2D eigenvalue weighted by atomic mass is 16.7. The van der Waals surface area contributed by atoms with E-state index in [4.69, 9.17) is 28.4 Å². The Hall–Kier alpha value is -1.50. The summed E-state index contributed by atoms with van der Waals surface area (Å²) in [6.07, 6.45) is 8.81. The molecule has 2 aliphatic rings. The van der Waals surface area contributed by atoms with Gasteiger partial charge in [0, 0.05) is 12.8 Å². The summed E-state index contributed by atoms with van der Waals surface area (Å²) in [5, 5.41) is 71.7. The maximum atomic E-state index is 12.8. The van der Waals surface area contributed by atoms with Gasteiger partial charge in [0.1, 0.15) is 55.4 Å². The van der Waals surface area contributed by atoms with E-state index in [0.717, 1.165) is 38.5 Å². The molecule has 0 saturated carbocycles. The number of carbonyl (C=O) groups is 2. The van der Waals surface area contributed by atoms with Gasteiger partial charge in [-0.25, -0.2) is 0 Å². The number of hydrogen-bond donors (Lipinski definition) is 7. The zero-order valence-corrected chi connectivity index (χ0v) is 35.5. The van der Waals surface area contributed by atoms with Gasteiger partial charge in [-0.15, -0.1) is 0 Å². The van der Waals surface area contributed by atoms with Crippen molar-refractivity contribution in [3.05, 3.63) is 0 Å². The Bertz CT molecular complexity index is 1030. The summed E-state index contributed by atoms with van der Waals surface area (Å²) in [6, 6.07) is 0. The Kier molecular flexibility index (Phi) is 29.3. The predicted molar refractivity (Wildman–Crippen MR) is 215 cm³/mol. The van der Waals surface area contributed by atoms with Crippen molar-refractivity contribution in [2.75, 3.05) is 26.4 Å². The van der Waals surface area contributed by atoms with Gasteiger partial charge >= 0.3 is 11.9 Å². The van der Waals surface area contributed by atoms with Crippen LogP contribution >= 0.6 is 0 Å². The summed E-state index contributed by atoms with van der Waals surface area (Å²) in [7, 11) is 0. The summed E-state index contributed by atoms with van der Waals surface area (Å²) in [5.74, 6) is -0.921. The first-order chi connectivity index (χ1) is 28.0. The van der Waals surface area contributed by atoms with Crippen LogP contribution in [0.5, 0.6) is 0 Å². The monoisotopic (exact) mass is 837 g/mol. The van der Waals surface area contributed by atoms with Gasteiger partial charge < -0.3 is 64.2 Å². The number of aliphatic hydroxyl groups is 7. The van der Waals surface area contributed by atoms with Crippen molar-refractivity contribution in [3.8, 4) is 0 Å². The molecule has 15 heteroatoms. The highest BCUT2D eigenvalue weighted by Gasteiger charge is 2.47. The molecule has 2 aliphatic heterocycles. The summed E-state index contributed by atoms with van der Waals surface area (Å²) in [5.41, 5.74) is 0. The molecule has 0 radical (unpaired) electrons. The van der Waals surface area contributed by atoms with E-state index in [1.54, 1.807) is 0 Å². The Balaban J connectivity index is 1.83. The molecule has 7 N–H and O–H groups in total. The summed E-state index contributed by atoms with van der Waals surface area (Å²) < 4.78 is 33.4. The van der Waals surface area contributed by atoms with Crippen LogP contribution in [-0.4, -0.2) is 142 Å². The van der Waals surface area contributed by atoms with Crippen molar-refractivity contribution in [1.29, 1.82) is 0 Å². The van der Waals surface area contributed by atoms with E-state index < -0.39 is 92.7 Å². The molecule has 4 unspecified atom stereocenters. The molecule has 2 heterocycles. The van der Waals surface area contributed by atoms with Crippen LogP contribution in [0.4, 0.5) is 0 Å². The maximum absolute atomic E-state index is 12.8. The lowest BCUT2D eigenvalue weighted by Crippen LogP contribution is -2.61. The standard InChI is InChI=1S/C43H80O15/c1-3-5-7-9-11-13-14-15-16-17-18-20-21-23-25-34(45)53-28-31(56-35(46)26-24-22-19-12-10-8-6-4-2)29-54-42-41(52)39(50)37(48)33(58-42)30-55-43-40(51)38(49)36(47)32(27-44)57-43/h31-33,36-44,47-52H,3-30H2,1-2H3/t31-,32-,33-,36+,37+,38?,39?,40?,41?,42-,43-/m1/s1. The van der Waals surface area contributed by atoms with Crippen LogP contribution in [0, 0.1) is 0 Å². The minimum atomic E-state index is -1.76. The van der Waals surface area contributed by atoms with E-state index in [0.29, 0.717) is 12.8 Å². The van der Waals surface area contributed by atoms with E-state index >= 15 is 0 Å². The van der Waals surface area contributed by atoms with Gasteiger partial charge in [0.25, 0.3) is 0 Å². The Morgan fingerprint density at radius 1 is 0.483 bits per heavy atom. The van der Waals surface area contributed by atoms with Gasteiger partial charge in [-0.2, -0.15) is 0 Å². The molecule has 58 heavy (non-hydrogen) atoms. The molecule has 2 fully saturated rings. The minimum absolute atomic E-state index is 0.170. The van der Waals surface area contributed by atoms with E-state index in [2.05, 4.69) is 13.8 Å². The van der Waals surface area contributed by atoms with Crippen molar-refractivity contribution in [2.45, 2.75) is 235 Å². The number of ether oxygens (including phenoxy) is 6. The zero-order chi connectivity index (χ0) is 42.5. The molecule has 0 spiro atoms. The summed E-state index contributed by atoms with van der Waals surface area (Å²) in [6.45, 7) is 2.54. The van der Waals surface area contributed by atoms with Crippen molar-refractivity contribution in [2.24, 2.45) is 0 Å². The molecule has 15 nitrogen and oxygen atoms in total. The number of carbonyl (C=O) groups excluding carboxylic acids is 2. The third-order valence-electron chi connectivity index (χ3n) is 11.1. The molecule has 0 aromatic rings.